The minimum absolute atomic E-state index is 0.126. The van der Waals surface area contributed by atoms with Crippen LogP contribution in [0.2, 0.25) is 5.02 Å². The first-order chi connectivity index (χ1) is 15.4. The van der Waals surface area contributed by atoms with E-state index < -0.39 is 0 Å². The molecule has 6 heteroatoms. The quantitative estimate of drug-likeness (QED) is 0.433. The van der Waals surface area contributed by atoms with Crippen molar-refractivity contribution < 1.29 is 19.1 Å². The van der Waals surface area contributed by atoms with Crippen molar-refractivity contribution in [3.05, 3.63) is 93.5 Å². The second-order valence-corrected chi connectivity index (χ2v) is 7.91. The lowest BCUT2D eigenvalue weighted by Crippen LogP contribution is -2.14. The van der Waals surface area contributed by atoms with E-state index in [1.807, 2.05) is 44.2 Å². The number of esters is 1. The summed E-state index contributed by atoms with van der Waals surface area (Å²) in [6.07, 6.45) is 0.126. The number of carbonyl (C=O) groups excluding carboxylic acids is 2. The number of hydrogen-bond donors (Lipinski definition) is 1. The third-order valence-corrected chi connectivity index (χ3v) is 5.19. The van der Waals surface area contributed by atoms with E-state index in [-0.39, 0.29) is 18.3 Å². The molecule has 0 aliphatic rings. The maximum absolute atomic E-state index is 12.9. The summed E-state index contributed by atoms with van der Waals surface area (Å²) >= 11 is 6.33. The Balaban J connectivity index is 1.69. The Labute approximate surface area is 193 Å². The van der Waals surface area contributed by atoms with E-state index in [9.17, 15) is 9.59 Å². The molecule has 3 rings (SSSR count). The zero-order valence-corrected chi connectivity index (χ0v) is 19.2. The molecule has 0 aliphatic heterocycles. The fourth-order valence-electron chi connectivity index (χ4n) is 3.24. The Kier molecular flexibility index (Phi) is 7.90. The maximum atomic E-state index is 12.9. The van der Waals surface area contributed by atoms with Crippen molar-refractivity contribution >= 4 is 29.2 Å². The van der Waals surface area contributed by atoms with Gasteiger partial charge in [-0.3, -0.25) is 9.59 Å². The van der Waals surface area contributed by atoms with Gasteiger partial charge < -0.3 is 14.8 Å². The molecular formula is C26H26ClNO4. The molecular weight excluding hydrogens is 426 g/mol. The third kappa shape index (κ3) is 6.34. The molecule has 0 spiro atoms. The predicted molar refractivity (Wildman–Crippen MR) is 126 cm³/mol. The van der Waals surface area contributed by atoms with E-state index in [1.54, 1.807) is 31.2 Å². The van der Waals surface area contributed by atoms with Gasteiger partial charge in [-0.25, -0.2) is 0 Å². The highest BCUT2D eigenvalue weighted by Gasteiger charge is 2.14. The summed E-state index contributed by atoms with van der Waals surface area (Å²) in [6, 6.07) is 18.6. The van der Waals surface area contributed by atoms with Crippen molar-refractivity contribution in [2.24, 2.45) is 0 Å². The van der Waals surface area contributed by atoms with Gasteiger partial charge in [0.1, 0.15) is 12.4 Å². The van der Waals surface area contributed by atoms with Gasteiger partial charge >= 0.3 is 5.97 Å². The number of hydrogen-bond acceptors (Lipinski definition) is 4. The average Bonchev–Trinajstić information content (AvgIpc) is 2.75. The molecule has 0 atom stereocenters. The van der Waals surface area contributed by atoms with Gasteiger partial charge in [0.2, 0.25) is 0 Å². The molecule has 0 saturated carbocycles. The Bertz CT molecular complexity index is 1130. The molecule has 0 radical (unpaired) electrons. The van der Waals surface area contributed by atoms with Crippen LogP contribution in [-0.2, 0) is 22.6 Å². The fraction of sp³-hybridized carbons (Fsp3) is 0.231. The summed E-state index contributed by atoms with van der Waals surface area (Å²) in [5.74, 6) is 0.000131. The number of halogens is 1. The van der Waals surface area contributed by atoms with Crippen molar-refractivity contribution in [1.82, 2.24) is 0 Å². The van der Waals surface area contributed by atoms with E-state index in [0.717, 1.165) is 11.1 Å². The first-order valence-electron chi connectivity index (χ1n) is 10.4. The number of aryl methyl sites for hydroxylation is 2. The molecule has 3 aromatic rings. The number of carbonyl (C=O) groups is 2. The first kappa shape index (κ1) is 23.4. The van der Waals surface area contributed by atoms with Crippen molar-refractivity contribution in [2.75, 3.05) is 11.9 Å². The van der Waals surface area contributed by atoms with Gasteiger partial charge in [0.15, 0.2) is 0 Å². The lowest BCUT2D eigenvalue weighted by atomic mass is 10.1. The molecule has 166 valence electrons. The molecule has 3 aromatic carbocycles. The van der Waals surface area contributed by atoms with Crippen LogP contribution in [0.4, 0.5) is 5.69 Å². The second-order valence-electron chi connectivity index (χ2n) is 7.50. The molecule has 5 nitrogen and oxygen atoms in total. The predicted octanol–water partition coefficient (Wildman–Crippen LogP) is 5.89. The van der Waals surface area contributed by atoms with Crippen LogP contribution in [0.5, 0.6) is 5.75 Å². The van der Waals surface area contributed by atoms with Crippen LogP contribution in [0.25, 0.3) is 0 Å². The zero-order valence-electron chi connectivity index (χ0n) is 18.4. The number of ether oxygens (including phenoxy) is 2. The Morgan fingerprint density at radius 3 is 2.50 bits per heavy atom. The largest absolute Gasteiger partial charge is 0.489 e. The number of rotatable bonds is 8. The van der Waals surface area contributed by atoms with Crippen LogP contribution in [-0.4, -0.2) is 18.5 Å². The summed E-state index contributed by atoms with van der Waals surface area (Å²) in [5.41, 5.74) is 4.73. The number of benzene rings is 3. The van der Waals surface area contributed by atoms with E-state index in [4.69, 9.17) is 21.1 Å². The Morgan fingerprint density at radius 1 is 0.969 bits per heavy atom. The summed E-state index contributed by atoms with van der Waals surface area (Å²) in [5, 5.41) is 3.19. The van der Waals surface area contributed by atoms with Crippen LogP contribution in [0.15, 0.2) is 60.7 Å². The van der Waals surface area contributed by atoms with E-state index >= 15 is 0 Å². The lowest BCUT2D eigenvalue weighted by Gasteiger charge is -2.13. The molecule has 1 amide bonds. The van der Waals surface area contributed by atoms with Crippen molar-refractivity contribution in [1.29, 1.82) is 0 Å². The topological polar surface area (TPSA) is 64.6 Å². The summed E-state index contributed by atoms with van der Waals surface area (Å²) in [6.45, 7) is 6.40. The minimum atomic E-state index is -0.321. The van der Waals surface area contributed by atoms with Crippen LogP contribution in [0, 0.1) is 13.8 Å². The van der Waals surface area contributed by atoms with Gasteiger partial charge in [-0.05, 0) is 61.7 Å². The Hall–Kier alpha value is -3.31. The van der Waals surface area contributed by atoms with Gasteiger partial charge in [0.25, 0.3) is 5.91 Å². The van der Waals surface area contributed by atoms with Crippen LogP contribution >= 0.6 is 11.6 Å². The molecule has 0 aromatic heterocycles. The average molecular weight is 452 g/mol. The molecule has 32 heavy (non-hydrogen) atoms. The van der Waals surface area contributed by atoms with Crippen molar-refractivity contribution in [2.45, 2.75) is 33.8 Å². The van der Waals surface area contributed by atoms with Gasteiger partial charge in [-0.15, -0.1) is 0 Å². The number of anilines is 1. The number of amides is 1. The normalized spacial score (nSPS) is 10.5. The molecule has 0 fully saturated rings. The van der Waals surface area contributed by atoms with Gasteiger partial charge in [0, 0.05) is 5.56 Å². The standard InChI is InChI=1S/C26H26ClNO4/c1-4-31-25(29)14-19-9-11-24(23(27)13-19)28-26(30)22-15-21(10-8-18(22)3)32-16-20-7-5-6-17(2)12-20/h5-13,15H,4,14,16H2,1-3H3,(H,28,30). The van der Waals surface area contributed by atoms with E-state index in [0.29, 0.717) is 40.8 Å². The lowest BCUT2D eigenvalue weighted by molar-refractivity contribution is -0.142. The van der Waals surface area contributed by atoms with E-state index in [1.165, 1.54) is 5.56 Å². The monoisotopic (exact) mass is 451 g/mol. The highest BCUT2D eigenvalue weighted by molar-refractivity contribution is 6.34. The molecule has 0 bridgehead atoms. The highest BCUT2D eigenvalue weighted by atomic mass is 35.5. The van der Waals surface area contributed by atoms with Gasteiger partial charge in [-0.2, -0.15) is 0 Å². The smallest absolute Gasteiger partial charge is 0.310 e. The Morgan fingerprint density at radius 2 is 1.78 bits per heavy atom. The van der Waals surface area contributed by atoms with Crippen molar-refractivity contribution in [3.63, 3.8) is 0 Å². The fourth-order valence-corrected chi connectivity index (χ4v) is 3.49. The molecule has 0 unspecified atom stereocenters. The third-order valence-electron chi connectivity index (χ3n) is 4.88. The zero-order chi connectivity index (χ0) is 23.1. The number of nitrogens with one attached hydrogen (secondary N) is 1. The maximum Gasteiger partial charge on any atom is 0.310 e. The van der Waals surface area contributed by atoms with Crippen molar-refractivity contribution in [3.8, 4) is 5.75 Å². The summed E-state index contributed by atoms with van der Waals surface area (Å²) in [7, 11) is 0. The first-order valence-corrected chi connectivity index (χ1v) is 10.8. The van der Waals surface area contributed by atoms with Crippen LogP contribution in [0.1, 0.15) is 39.5 Å². The van der Waals surface area contributed by atoms with Gasteiger partial charge in [-0.1, -0.05) is 53.6 Å². The summed E-state index contributed by atoms with van der Waals surface area (Å²) in [4.78, 5) is 24.6. The van der Waals surface area contributed by atoms with Crippen LogP contribution < -0.4 is 10.1 Å². The molecule has 0 aliphatic carbocycles. The highest BCUT2D eigenvalue weighted by Crippen LogP contribution is 2.26. The minimum Gasteiger partial charge on any atom is -0.489 e. The van der Waals surface area contributed by atoms with E-state index in [2.05, 4.69) is 11.4 Å². The summed E-state index contributed by atoms with van der Waals surface area (Å²) < 4.78 is 10.8. The SMILES string of the molecule is CCOC(=O)Cc1ccc(NC(=O)c2cc(OCc3cccc(C)c3)ccc2C)c(Cl)c1. The van der Waals surface area contributed by atoms with Crippen LogP contribution in [0.3, 0.4) is 0 Å². The second kappa shape index (κ2) is 10.8. The molecule has 0 heterocycles. The molecule has 0 saturated heterocycles. The van der Waals surface area contributed by atoms with Gasteiger partial charge in [0.05, 0.1) is 23.7 Å². The molecule has 1 N–H and O–H groups in total.